The molecule has 0 aliphatic carbocycles. The van der Waals surface area contributed by atoms with E-state index in [-0.39, 0.29) is 27.8 Å². The molecule has 2 N–H and O–H groups in total. The molecule has 2 unspecified atom stereocenters. The van der Waals surface area contributed by atoms with Gasteiger partial charge in [0, 0.05) is 25.2 Å². The third kappa shape index (κ3) is 5.20. The average Bonchev–Trinajstić information content (AvgIpc) is 2.83. The molecule has 1 aliphatic heterocycles. The SMILES string of the molecule is CNC(=O)C(NC(=O)c1ccc(OC)c(S(=O)(=O)N2CCCCC2C)c1)c1ccc(F)c(F)c1. The van der Waals surface area contributed by atoms with Gasteiger partial charge in [0.1, 0.15) is 16.7 Å². The summed E-state index contributed by atoms with van der Waals surface area (Å²) in [7, 11) is -1.30. The van der Waals surface area contributed by atoms with Crippen LogP contribution in [0.4, 0.5) is 8.78 Å². The predicted octanol–water partition coefficient (Wildman–Crippen LogP) is 2.75. The molecule has 0 saturated carbocycles. The van der Waals surface area contributed by atoms with Crippen LogP contribution in [-0.2, 0) is 14.8 Å². The van der Waals surface area contributed by atoms with Gasteiger partial charge in [-0.25, -0.2) is 17.2 Å². The summed E-state index contributed by atoms with van der Waals surface area (Å²) in [5.41, 5.74) is -0.0179. The molecule has 0 spiro atoms. The fourth-order valence-electron chi connectivity index (χ4n) is 3.93. The van der Waals surface area contributed by atoms with Crippen molar-refractivity contribution < 1.29 is 31.5 Å². The second-order valence-corrected chi connectivity index (χ2v) is 9.88. The van der Waals surface area contributed by atoms with E-state index in [9.17, 15) is 26.8 Å². The van der Waals surface area contributed by atoms with Crippen molar-refractivity contribution >= 4 is 21.8 Å². The van der Waals surface area contributed by atoms with E-state index < -0.39 is 39.5 Å². The summed E-state index contributed by atoms with van der Waals surface area (Å²) in [6, 6.07) is 5.23. The monoisotopic (exact) mass is 495 g/mol. The number of likely N-dealkylation sites (N-methyl/N-ethyl adjacent to an activating group) is 1. The molecule has 3 rings (SSSR count). The van der Waals surface area contributed by atoms with Crippen LogP contribution in [0, 0.1) is 11.6 Å². The van der Waals surface area contributed by atoms with Gasteiger partial charge in [-0.15, -0.1) is 0 Å². The highest BCUT2D eigenvalue weighted by Gasteiger charge is 2.34. The van der Waals surface area contributed by atoms with Crippen LogP contribution in [0.1, 0.15) is 48.1 Å². The lowest BCUT2D eigenvalue weighted by Crippen LogP contribution is -2.42. The number of halogens is 2. The minimum absolute atomic E-state index is 0.0232. The third-order valence-electron chi connectivity index (χ3n) is 5.82. The summed E-state index contributed by atoms with van der Waals surface area (Å²) in [6.07, 6.45) is 2.38. The van der Waals surface area contributed by atoms with Crippen LogP contribution in [0.3, 0.4) is 0 Å². The molecule has 2 amide bonds. The zero-order valence-electron chi connectivity index (χ0n) is 19.1. The summed E-state index contributed by atoms with van der Waals surface area (Å²) in [4.78, 5) is 25.2. The van der Waals surface area contributed by atoms with Crippen molar-refractivity contribution in [1.82, 2.24) is 14.9 Å². The van der Waals surface area contributed by atoms with E-state index in [1.54, 1.807) is 0 Å². The number of piperidine rings is 1. The number of hydrogen-bond donors (Lipinski definition) is 2. The standard InChI is InChI=1S/C23H27F2N3O5S/c1-14-6-4-5-11-28(14)34(31,32)20-13-16(8-10-19(20)33-3)22(29)27-21(23(30)26-2)15-7-9-17(24)18(25)12-15/h7-10,12-14,21H,4-6,11H2,1-3H3,(H,26,30)(H,27,29). The van der Waals surface area contributed by atoms with Gasteiger partial charge in [-0.3, -0.25) is 9.59 Å². The van der Waals surface area contributed by atoms with Gasteiger partial charge in [-0.1, -0.05) is 12.5 Å². The first kappa shape index (κ1) is 25.6. The second kappa shape index (κ2) is 10.5. The van der Waals surface area contributed by atoms with Crippen molar-refractivity contribution in [2.75, 3.05) is 20.7 Å². The van der Waals surface area contributed by atoms with E-state index in [1.807, 2.05) is 6.92 Å². The lowest BCUT2D eigenvalue weighted by atomic mass is 10.0. The molecule has 1 saturated heterocycles. The lowest BCUT2D eigenvalue weighted by molar-refractivity contribution is -0.122. The number of benzene rings is 2. The van der Waals surface area contributed by atoms with Crippen LogP contribution in [0.2, 0.25) is 0 Å². The third-order valence-corrected chi connectivity index (χ3v) is 7.85. The van der Waals surface area contributed by atoms with Gasteiger partial charge in [-0.05, 0) is 55.7 Å². The van der Waals surface area contributed by atoms with E-state index in [0.29, 0.717) is 6.54 Å². The Labute approximate surface area is 197 Å². The van der Waals surface area contributed by atoms with E-state index >= 15 is 0 Å². The highest BCUT2D eigenvalue weighted by atomic mass is 32.2. The normalized spacial score (nSPS) is 17.6. The molecule has 1 heterocycles. The Morgan fingerprint density at radius 1 is 1.12 bits per heavy atom. The quantitative estimate of drug-likeness (QED) is 0.615. The summed E-state index contributed by atoms with van der Waals surface area (Å²) >= 11 is 0. The first-order valence-corrected chi connectivity index (χ1v) is 12.2. The summed E-state index contributed by atoms with van der Waals surface area (Å²) in [6.45, 7) is 2.19. The first-order valence-electron chi connectivity index (χ1n) is 10.8. The summed E-state index contributed by atoms with van der Waals surface area (Å²) < 4.78 is 60.5. The molecule has 1 aliphatic rings. The number of ether oxygens (including phenoxy) is 1. The Morgan fingerprint density at radius 2 is 1.85 bits per heavy atom. The van der Waals surface area contributed by atoms with Gasteiger partial charge in [0.05, 0.1) is 7.11 Å². The number of amides is 2. The Hall–Kier alpha value is -3.05. The van der Waals surface area contributed by atoms with Crippen molar-refractivity contribution in [1.29, 1.82) is 0 Å². The van der Waals surface area contributed by atoms with E-state index in [4.69, 9.17) is 4.74 Å². The summed E-state index contributed by atoms with van der Waals surface area (Å²) in [5.74, 6) is -3.62. The molecule has 0 aromatic heterocycles. The maximum Gasteiger partial charge on any atom is 0.252 e. The van der Waals surface area contributed by atoms with Crippen molar-refractivity contribution in [2.45, 2.75) is 43.2 Å². The number of methoxy groups -OCH3 is 1. The molecule has 1 fully saturated rings. The lowest BCUT2D eigenvalue weighted by Gasteiger charge is -2.32. The smallest absolute Gasteiger partial charge is 0.252 e. The van der Waals surface area contributed by atoms with Crippen LogP contribution < -0.4 is 15.4 Å². The number of carbonyl (C=O) groups excluding carboxylic acids is 2. The molecular weight excluding hydrogens is 468 g/mol. The Balaban J connectivity index is 1.96. The molecule has 11 heteroatoms. The van der Waals surface area contributed by atoms with Crippen LogP contribution in [0.5, 0.6) is 5.75 Å². The minimum atomic E-state index is -3.96. The first-order chi connectivity index (χ1) is 16.1. The fraction of sp³-hybridized carbons (Fsp3) is 0.391. The Morgan fingerprint density at radius 3 is 2.47 bits per heavy atom. The Kier molecular flexibility index (Phi) is 7.88. The van der Waals surface area contributed by atoms with E-state index in [1.165, 1.54) is 42.7 Å². The van der Waals surface area contributed by atoms with Crippen molar-refractivity contribution in [3.63, 3.8) is 0 Å². The van der Waals surface area contributed by atoms with Crippen molar-refractivity contribution in [3.05, 3.63) is 59.2 Å². The number of nitrogens with one attached hydrogen (secondary N) is 2. The average molecular weight is 496 g/mol. The number of hydrogen-bond acceptors (Lipinski definition) is 5. The maximum atomic E-state index is 13.7. The number of carbonyl (C=O) groups is 2. The zero-order chi connectivity index (χ0) is 25.0. The molecule has 184 valence electrons. The maximum absolute atomic E-state index is 13.7. The molecule has 2 aromatic rings. The minimum Gasteiger partial charge on any atom is -0.495 e. The van der Waals surface area contributed by atoms with Gasteiger partial charge in [0.25, 0.3) is 5.91 Å². The highest BCUT2D eigenvalue weighted by molar-refractivity contribution is 7.89. The predicted molar refractivity (Wildman–Crippen MR) is 121 cm³/mol. The summed E-state index contributed by atoms with van der Waals surface area (Å²) in [5, 5.41) is 4.83. The molecule has 34 heavy (non-hydrogen) atoms. The number of sulfonamides is 1. The van der Waals surface area contributed by atoms with Gasteiger partial charge in [-0.2, -0.15) is 4.31 Å². The van der Waals surface area contributed by atoms with Crippen LogP contribution in [-0.4, -0.2) is 51.3 Å². The number of nitrogens with zero attached hydrogens (tertiary/aromatic N) is 1. The molecule has 2 atom stereocenters. The topological polar surface area (TPSA) is 105 Å². The van der Waals surface area contributed by atoms with E-state index in [2.05, 4.69) is 10.6 Å². The van der Waals surface area contributed by atoms with Crippen LogP contribution >= 0.6 is 0 Å². The Bertz CT molecular complexity index is 1190. The van der Waals surface area contributed by atoms with Gasteiger partial charge in [0.2, 0.25) is 15.9 Å². The van der Waals surface area contributed by atoms with Gasteiger partial charge in [0.15, 0.2) is 11.6 Å². The number of rotatable bonds is 7. The molecule has 0 bridgehead atoms. The second-order valence-electron chi connectivity index (χ2n) is 8.02. The highest BCUT2D eigenvalue weighted by Crippen LogP contribution is 2.32. The van der Waals surface area contributed by atoms with Gasteiger partial charge >= 0.3 is 0 Å². The molecule has 8 nitrogen and oxygen atoms in total. The van der Waals surface area contributed by atoms with Crippen LogP contribution in [0.25, 0.3) is 0 Å². The molecule has 2 aromatic carbocycles. The largest absolute Gasteiger partial charge is 0.495 e. The van der Waals surface area contributed by atoms with E-state index in [0.717, 1.165) is 31.4 Å². The van der Waals surface area contributed by atoms with Gasteiger partial charge < -0.3 is 15.4 Å². The van der Waals surface area contributed by atoms with Crippen LogP contribution in [0.15, 0.2) is 41.3 Å². The molecular formula is C23H27F2N3O5S. The molecule has 0 radical (unpaired) electrons. The zero-order valence-corrected chi connectivity index (χ0v) is 19.9. The van der Waals surface area contributed by atoms with Crippen molar-refractivity contribution in [3.8, 4) is 5.75 Å². The fourth-order valence-corrected chi connectivity index (χ4v) is 5.81. The van der Waals surface area contributed by atoms with Crippen molar-refractivity contribution in [2.24, 2.45) is 0 Å².